The summed E-state index contributed by atoms with van der Waals surface area (Å²) in [6.07, 6.45) is 0. The number of carbonyl (C=O) groups excluding carboxylic acids is 1. The standard InChI is InChI=1S/C13H13ClFNO3/c1-13(2)9(10(13)12(18)19)11(17)16-8-4-3-6(14)5-7(8)15/h3-5,9-10H,1-2H3,(H,16,17)(H,18,19). The second-order valence-corrected chi connectivity index (χ2v) is 5.66. The second-order valence-electron chi connectivity index (χ2n) is 5.23. The summed E-state index contributed by atoms with van der Waals surface area (Å²) in [7, 11) is 0. The molecular formula is C13H13ClFNO3. The molecule has 6 heteroatoms. The molecule has 1 fully saturated rings. The number of halogens is 2. The van der Waals surface area contributed by atoms with Crippen LogP contribution in [0, 0.1) is 23.1 Å². The number of carboxylic acid groups (broad SMARTS) is 1. The van der Waals surface area contributed by atoms with E-state index in [1.807, 2.05) is 0 Å². The van der Waals surface area contributed by atoms with E-state index < -0.39 is 34.9 Å². The lowest BCUT2D eigenvalue weighted by molar-refractivity contribution is -0.140. The predicted molar refractivity (Wildman–Crippen MR) is 68.4 cm³/mol. The Morgan fingerprint density at radius 2 is 2.00 bits per heavy atom. The van der Waals surface area contributed by atoms with Crippen LogP contribution in [0.2, 0.25) is 5.02 Å². The average molecular weight is 286 g/mol. The minimum absolute atomic E-state index is 0.00115. The van der Waals surface area contributed by atoms with Crippen LogP contribution in [0.25, 0.3) is 0 Å². The number of nitrogens with one attached hydrogen (secondary N) is 1. The van der Waals surface area contributed by atoms with Crippen molar-refractivity contribution in [1.82, 2.24) is 0 Å². The fraction of sp³-hybridized carbons (Fsp3) is 0.385. The number of rotatable bonds is 3. The highest BCUT2D eigenvalue weighted by Gasteiger charge is 2.65. The van der Waals surface area contributed by atoms with Gasteiger partial charge >= 0.3 is 5.97 Å². The molecule has 1 amide bonds. The van der Waals surface area contributed by atoms with Crippen LogP contribution in [0.3, 0.4) is 0 Å². The Bertz CT molecular complexity index is 559. The van der Waals surface area contributed by atoms with Crippen LogP contribution in [-0.2, 0) is 9.59 Å². The van der Waals surface area contributed by atoms with Gasteiger partial charge in [-0.2, -0.15) is 0 Å². The Morgan fingerprint density at radius 1 is 1.37 bits per heavy atom. The van der Waals surface area contributed by atoms with E-state index in [-0.39, 0.29) is 10.7 Å². The first-order valence-electron chi connectivity index (χ1n) is 5.74. The summed E-state index contributed by atoms with van der Waals surface area (Å²) < 4.78 is 13.5. The van der Waals surface area contributed by atoms with Crippen molar-refractivity contribution in [2.75, 3.05) is 5.32 Å². The third-order valence-electron chi connectivity index (χ3n) is 3.56. The molecule has 0 saturated heterocycles. The minimum Gasteiger partial charge on any atom is -0.481 e. The predicted octanol–water partition coefficient (Wildman–Crippen LogP) is 2.77. The molecule has 0 bridgehead atoms. The third kappa shape index (κ3) is 2.42. The molecule has 2 N–H and O–H groups in total. The summed E-state index contributed by atoms with van der Waals surface area (Å²) >= 11 is 5.61. The van der Waals surface area contributed by atoms with Gasteiger partial charge in [-0.05, 0) is 23.6 Å². The van der Waals surface area contributed by atoms with E-state index in [1.165, 1.54) is 12.1 Å². The summed E-state index contributed by atoms with van der Waals surface area (Å²) in [5.41, 5.74) is -0.611. The van der Waals surface area contributed by atoms with Gasteiger partial charge in [-0.25, -0.2) is 4.39 Å². The largest absolute Gasteiger partial charge is 0.481 e. The molecule has 1 aliphatic rings. The molecule has 0 spiro atoms. The molecule has 0 aromatic heterocycles. The van der Waals surface area contributed by atoms with E-state index in [2.05, 4.69) is 5.32 Å². The lowest BCUT2D eigenvalue weighted by atomic mass is 10.1. The van der Waals surface area contributed by atoms with Gasteiger partial charge in [-0.3, -0.25) is 9.59 Å². The maximum atomic E-state index is 13.5. The number of anilines is 1. The van der Waals surface area contributed by atoms with E-state index in [1.54, 1.807) is 13.8 Å². The zero-order valence-electron chi connectivity index (χ0n) is 10.4. The van der Waals surface area contributed by atoms with Crippen LogP contribution >= 0.6 is 11.6 Å². The first-order valence-corrected chi connectivity index (χ1v) is 6.11. The molecule has 4 nitrogen and oxygen atoms in total. The van der Waals surface area contributed by atoms with Gasteiger partial charge in [0.25, 0.3) is 0 Å². The van der Waals surface area contributed by atoms with Gasteiger partial charge in [0.05, 0.1) is 17.5 Å². The number of carboxylic acids is 1. The summed E-state index contributed by atoms with van der Waals surface area (Å²) in [5.74, 6) is -3.53. The molecule has 0 radical (unpaired) electrons. The SMILES string of the molecule is CC1(C)C(C(=O)O)C1C(=O)Nc1ccc(Cl)cc1F. The van der Waals surface area contributed by atoms with Crippen molar-refractivity contribution in [2.45, 2.75) is 13.8 Å². The monoisotopic (exact) mass is 285 g/mol. The molecule has 1 aromatic carbocycles. The van der Waals surface area contributed by atoms with Crippen molar-refractivity contribution in [1.29, 1.82) is 0 Å². The quantitative estimate of drug-likeness (QED) is 0.897. The number of hydrogen-bond acceptors (Lipinski definition) is 2. The average Bonchev–Trinajstić information content (AvgIpc) is 2.86. The molecule has 2 atom stereocenters. The van der Waals surface area contributed by atoms with Crippen LogP contribution in [0.5, 0.6) is 0 Å². The number of aliphatic carboxylic acids is 1. The summed E-state index contributed by atoms with van der Waals surface area (Å²) in [6, 6.07) is 3.89. The maximum absolute atomic E-state index is 13.5. The van der Waals surface area contributed by atoms with Crippen molar-refractivity contribution < 1.29 is 19.1 Å². The Hall–Kier alpha value is -1.62. The summed E-state index contributed by atoms with van der Waals surface area (Å²) in [5, 5.41) is 11.6. The number of benzene rings is 1. The zero-order chi connectivity index (χ0) is 14.4. The Morgan fingerprint density at radius 3 is 2.47 bits per heavy atom. The van der Waals surface area contributed by atoms with Crippen LogP contribution in [0.4, 0.5) is 10.1 Å². The smallest absolute Gasteiger partial charge is 0.307 e. The van der Waals surface area contributed by atoms with Gasteiger partial charge in [-0.1, -0.05) is 25.4 Å². The summed E-state index contributed by atoms with van der Waals surface area (Å²) in [6.45, 7) is 3.41. The highest BCUT2D eigenvalue weighted by Crippen LogP contribution is 2.58. The van der Waals surface area contributed by atoms with Gasteiger partial charge in [-0.15, -0.1) is 0 Å². The van der Waals surface area contributed by atoms with E-state index in [9.17, 15) is 14.0 Å². The molecule has 1 aliphatic carbocycles. The summed E-state index contributed by atoms with van der Waals surface area (Å²) in [4.78, 5) is 23.0. The molecule has 19 heavy (non-hydrogen) atoms. The molecule has 2 rings (SSSR count). The molecular weight excluding hydrogens is 273 g/mol. The molecule has 0 aliphatic heterocycles. The highest BCUT2D eigenvalue weighted by molar-refractivity contribution is 6.30. The van der Waals surface area contributed by atoms with Gasteiger partial charge in [0, 0.05) is 5.02 Å². The van der Waals surface area contributed by atoms with Gasteiger partial charge in [0.2, 0.25) is 5.91 Å². The highest BCUT2D eigenvalue weighted by atomic mass is 35.5. The molecule has 2 unspecified atom stereocenters. The van der Waals surface area contributed by atoms with Crippen molar-refractivity contribution in [3.05, 3.63) is 29.0 Å². The van der Waals surface area contributed by atoms with Crippen LogP contribution in [0.1, 0.15) is 13.8 Å². The van der Waals surface area contributed by atoms with Crippen LogP contribution < -0.4 is 5.32 Å². The lowest BCUT2D eigenvalue weighted by Gasteiger charge is -2.07. The Balaban J connectivity index is 2.13. The van der Waals surface area contributed by atoms with Gasteiger partial charge < -0.3 is 10.4 Å². The number of carbonyl (C=O) groups is 2. The van der Waals surface area contributed by atoms with Crippen molar-refractivity contribution in [3.63, 3.8) is 0 Å². The molecule has 1 saturated carbocycles. The van der Waals surface area contributed by atoms with E-state index in [0.717, 1.165) is 6.07 Å². The first-order chi connectivity index (χ1) is 8.75. The lowest BCUT2D eigenvalue weighted by Crippen LogP contribution is -2.18. The van der Waals surface area contributed by atoms with Crippen LogP contribution in [0.15, 0.2) is 18.2 Å². The Labute approximate surface area is 114 Å². The second kappa shape index (κ2) is 4.49. The van der Waals surface area contributed by atoms with E-state index in [4.69, 9.17) is 16.7 Å². The third-order valence-corrected chi connectivity index (χ3v) is 3.80. The van der Waals surface area contributed by atoms with Crippen molar-refractivity contribution in [3.8, 4) is 0 Å². The van der Waals surface area contributed by atoms with Crippen molar-refractivity contribution in [2.24, 2.45) is 17.3 Å². The minimum atomic E-state index is -1.01. The van der Waals surface area contributed by atoms with E-state index in [0.29, 0.717) is 0 Å². The molecule has 0 heterocycles. The zero-order valence-corrected chi connectivity index (χ0v) is 11.2. The topological polar surface area (TPSA) is 66.4 Å². The van der Waals surface area contributed by atoms with Crippen LogP contribution in [-0.4, -0.2) is 17.0 Å². The fourth-order valence-electron chi connectivity index (χ4n) is 2.39. The van der Waals surface area contributed by atoms with Gasteiger partial charge in [0.15, 0.2) is 0 Å². The first kappa shape index (κ1) is 13.8. The number of amides is 1. The van der Waals surface area contributed by atoms with E-state index >= 15 is 0 Å². The number of hydrogen-bond donors (Lipinski definition) is 2. The molecule has 102 valence electrons. The maximum Gasteiger partial charge on any atom is 0.307 e. The molecule has 1 aromatic rings. The fourth-order valence-corrected chi connectivity index (χ4v) is 2.55. The normalized spacial score (nSPS) is 23.8. The Kier molecular flexibility index (Phi) is 3.26. The van der Waals surface area contributed by atoms with Gasteiger partial charge in [0.1, 0.15) is 5.82 Å². The van der Waals surface area contributed by atoms with Crippen molar-refractivity contribution >= 4 is 29.2 Å².